The molecule has 0 aliphatic heterocycles. The standard InChI is InChI=1S/C16H21FN2O3/c1-19(11-16(22)8-2-3-9-16)15(21)14(20)18-10-12-4-6-13(17)7-5-12/h4-7,22H,2-3,8-11H2,1H3,(H,18,20). The second kappa shape index (κ2) is 6.87. The van der Waals surface area contributed by atoms with Gasteiger partial charge >= 0.3 is 11.8 Å². The van der Waals surface area contributed by atoms with Crippen LogP contribution < -0.4 is 5.32 Å². The van der Waals surface area contributed by atoms with E-state index in [-0.39, 0.29) is 18.9 Å². The molecule has 1 saturated carbocycles. The molecule has 1 aliphatic carbocycles. The van der Waals surface area contributed by atoms with E-state index in [0.29, 0.717) is 18.4 Å². The molecule has 22 heavy (non-hydrogen) atoms. The first kappa shape index (κ1) is 16.4. The lowest BCUT2D eigenvalue weighted by Crippen LogP contribution is -2.47. The zero-order valence-corrected chi connectivity index (χ0v) is 12.6. The molecule has 5 nitrogen and oxygen atoms in total. The van der Waals surface area contributed by atoms with Crippen molar-refractivity contribution in [3.05, 3.63) is 35.6 Å². The molecule has 0 spiro atoms. The van der Waals surface area contributed by atoms with Crippen molar-refractivity contribution < 1.29 is 19.1 Å². The minimum atomic E-state index is -0.873. The third-order valence-electron chi connectivity index (χ3n) is 3.97. The lowest BCUT2D eigenvalue weighted by Gasteiger charge is -2.28. The van der Waals surface area contributed by atoms with Gasteiger partial charge in [-0.05, 0) is 30.5 Å². The van der Waals surface area contributed by atoms with Gasteiger partial charge in [0.15, 0.2) is 0 Å². The van der Waals surface area contributed by atoms with Crippen LogP contribution >= 0.6 is 0 Å². The fourth-order valence-corrected chi connectivity index (χ4v) is 2.74. The number of nitrogens with zero attached hydrogens (tertiary/aromatic N) is 1. The summed E-state index contributed by atoms with van der Waals surface area (Å²) in [6, 6.07) is 5.69. The summed E-state index contributed by atoms with van der Waals surface area (Å²) in [7, 11) is 1.51. The van der Waals surface area contributed by atoms with Gasteiger partial charge in [-0.3, -0.25) is 9.59 Å². The normalized spacial score (nSPS) is 16.3. The lowest BCUT2D eigenvalue weighted by molar-refractivity contribution is -0.147. The molecule has 1 aliphatic rings. The maximum absolute atomic E-state index is 12.8. The van der Waals surface area contributed by atoms with Crippen molar-refractivity contribution in [3.8, 4) is 0 Å². The maximum Gasteiger partial charge on any atom is 0.311 e. The van der Waals surface area contributed by atoms with Crippen LogP contribution in [0.25, 0.3) is 0 Å². The third kappa shape index (κ3) is 4.27. The molecule has 0 radical (unpaired) electrons. The van der Waals surface area contributed by atoms with Gasteiger partial charge in [-0.25, -0.2) is 4.39 Å². The molecule has 1 aromatic carbocycles. The average molecular weight is 308 g/mol. The molecule has 1 aromatic rings. The van der Waals surface area contributed by atoms with Gasteiger partial charge in [0.1, 0.15) is 5.82 Å². The maximum atomic E-state index is 12.8. The van der Waals surface area contributed by atoms with Crippen LogP contribution in [0.5, 0.6) is 0 Å². The van der Waals surface area contributed by atoms with Gasteiger partial charge in [0.05, 0.1) is 5.60 Å². The average Bonchev–Trinajstić information content (AvgIpc) is 2.91. The Bertz CT molecular complexity index is 539. The smallest absolute Gasteiger partial charge is 0.311 e. The summed E-state index contributed by atoms with van der Waals surface area (Å²) in [5.74, 6) is -1.76. The largest absolute Gasteiger partial charge is 0.388 e. The number of nitrogens with one attached hydrogen (secondary N) is 1. The van der Waals surface area contributed by atoms with E-state index in [1.165, 1.54) is 24.1 Å². The summed E-state index contributed by atoms with van der Waals surface area (Å²) in [5, 5.41) is 12.8. The van der Waals surface area contributed by atoms with E-state index in [1.807, 2.05) is 0 Å². The minimum Gasteiger partial charge on any atom is -0.388 e. The molecular weight excluding hydrogens is 287 g/mol. The van der Waals surface area contributed by atoms with Crippen LogP contribution in [0.2, 0.25) is 0 Å². The predicted octanol–water partition coefficient (Wildman–Crippen LogP) is 1.21. The second-order valence-electron chi connectivity index (χ2n) is 5.90. The van der Waals surface area contributed by atoms with E-state index in [4.69, 9.17) is 0 Å². The van der Waals surface area contributed by atoms with Crippen molar-refractivity contribution in [1.82, 2.24) is 10.2 Å². The van der Waals surface area contributed by atoms with Gasteiger partial charge in [-0.15, -0.1) is 0 Å². The first-order valence-corrected chi connectivity index (χ1v) is 7.40. The highest BCUT2D eigenvalue weighted by Gasteiger charge is 2.34. The zero-order chi connectivity index (χ0) is 16.2. The van der Waals surface area contributed by atoms with Crippen molar-refractivity contribution in [2.45, 2.75) is 37.8 Å². The number of hydrogen-bond donors (Lipinski definition) is 2. The Labute approximate surface area is 129 Å². The Kier molecular flexibility index (Phi) is 5.13. The molecule has 2 rings (SSSR count). The number of halogens is 1. The molecule has 0 unspecified atom stereocenters. The van der Waals surface area contributed by atoms with Crippen LogP contribution in [0, 0.1) is 5.82 Å². The molecule has 6 heteroatoms. The summed E-state index contributed by atoms with van der Waals surface area (Å²) in [6.07, 6.45) is 3.19. The van der Waals surface area contributed by atoms with E-state index >= 15 is 0 Å². The van der Waals surface area contributed by atoms with E-state index < -0.39 is 17.4 Å². The summed E-state index contributed by atoms with van der Waals surface area (Å²) in [6.45, 7) is 0.318. The van der Waals surface area contributed by atoms with Gasteiger partial charge in [0.25, 0.3) is 0 Å². The number of likely N-dealkylation sites (N-methyl/N-ethyl adjacent to an activating group) is 1. The van der Waals surface area contributed by atoms with E-state index in [0.717, 1.165) is 12.8 Å². The highest BCUT2D eigenvalue weighted by Crippen LogP contribution is 2.29. The number of benzene rings is 1. The highest BCUT2D eigenvalue weighted by molar-refractivity contribution is 6.34. The van der Waals surface area contributed by atoms with Crippen molar-refractivity contribution in [2.24, 2.45) is 0 Å². The van der Waals surface area contributed by atoms with Crippen LogP contribution in [-0.2, 0) is 16.1 Å². The first-order valence-electron chi connectivity index (χ1n) is 7.40. The SMILES string of the molecule is CN(CC1(O)CCCC1)C(=O)C(=O)NCc1ccc(F)cc1. The lowest BCUT2D eigenvalue weighted by atomic mass is 10.0. The van der Waals surface area contributed by atoms with E-state index in [1.54, 1.807) is 12.1 Å². The molecule has 0 saturated heterocycles. The number of carbonyl (C=O) groups excluding carboxylic acids is 2. The number of aliphatic hydroxyl groups is 1. The topological polar surface area (TPSA) is 69.6 Å². The quantitative estimate of drug-likeness (QED) is 0.821. The molecule has 0 bridgehead atoms. The summed E-state index contributed by atoms with van der Waals surface area (Å²) in [4.78, 5) is 25.1. The van der Waals surface area contributed by atoms with Gasteiger partial charge in [0.2, 0.25) is 0 Å². The van der Waals surface area contributed by atoms with Crippen molar-refractivity contribution in [2.75, 3.05) is 13.6 Å². The van der Waals surface area contributed by atoms with Crippen LogP contribution in [-0.4, -0.2) is 41.0 Å². The Morgan fingerprint density at radius 1 is 1.27 bits per heavy atom. The molecule has 0 atom stereocenters. The number of hydrogen-bond acceptors (Lipinski definition) is 3. The van der Waals surface area contributed by atoms with Crippen LogP contribution in [0.4, 0.5) is 4.39 Å². The minimum absolute atomic E-state index is 0.156. The van der Waals surface area contributed by atoms with Gasteiger partial charge in [-0.2, -0.15) is 0 Å². The monoisotopic (exact) mass is 308 g/mol. The molecular formula is C16H21FN2O3. The predicted molar refractivity (Wildman–Crippen MR) is 79.3 cm³/mol. The van der Waals surface area contributed by atoms with E-state index in [9.17, 15) is 19.1 Å². The van der Waals surface area contributed by atoms with Gasteiger partial charge in [-0.1, -0.05) is 25.0 Å². The van der Waals surface area contributed by atoms with Gasteiger partial charge in [0, 0.05) is 20.1 Å². The van der Waals surface area contributed by atoms with Crippen molar-refractivity contribution >= 4 is 11.8 Å². The zero-order valence-electron chi connectivity index (χ0n) is 12.6. The Morgan fingerprint density at radius 2 is 1.86 bits per heavy atom. The van der Waals surface area contributed by atoms with Crippen molar-refractivity contribution in [1.29, 1.82) is 0 Å². The third-order valence-corrected chi connectivity index (χ3v) is 3.97. The Hall–Kier alpha value is -1.95. The Morgan fingerprint density at radius 3 is 2.45 bits per heavy atom. The van der Waals surface area contributed by atoms with Crippen LogP contribution in [0.3, 0.4) is 0 Å². The summed E-state index contributed by atoms with van der Waals surface area (Å²) >= 11 is 0. The van der Waals surface area contributed by atoms with Gasteiger partial charge < -0.3 is 15.3 Å². The van der Waals surface area contributed by atoms with E-state index in [2.05, 4.69) is 5.32 Å². The number of amides is 2. The number of carbonyl (C=O) groups is 2. The summed E-state index contributed by atoms with van der Waals surface area (Å²) < 4.78 is 12.8. The molecule has 2 N–H and O–H groups in total. The molecule has 120 valence electrons. The molecule has 1 fully saturated rings. The summed E-state index contributed by atoms with van der Waals surface area (Å²) in [5.41, 5.74) is -0.165. The fraction of sp³-hybridized carbons (Fsp3) is 0.500. The molecule has 2 amide bonds. The van der Waals surface area contributed by atoms with Crippen LogP contribution in [0.1, 0.15) is 31.2 Å². The molecule has 0 heterocycles. The first-order chi connectivity index (χ1) is 10.4. The van der Waals surface area contributed by atoms with Crippen molar-refractivity contribution in [3.63, 3.8) is 0 Å². The highest BCUT2D eigenvalue weighted by atomic mass is 19.1. The molecule has 0 aromatic heterocycles. The number of rotatable bonds is 4. The fourth-order valence-electron chi connectivity index (χ4n) is 2.74. The van der Waals surface area contributed by atoms with Crippen LogP contribution in [0.15, 0.2) is 24.3 Å². The second-order valence-corrected chi connectivity index (χ2v) is 5.90. The Balaban J connectivity index is 1.83.